The second-order valence-corrected chi connectivity index (χ2v) is 36.3. The van der Waals surface area contributed by atoms with Crippen molar-refractivity contribution in [3.05, 3.63) is 95.6 Å². The van der Waals surface area contributed by atoms with E-state index in [9.17, 15) is 48.6 Å². The van der Waals surface area contributed by atoms with Crippen molar-refractivity contribution in [3.63, 3.8) is 0 Å². The number of ketones is 5. The zero-order valence-corrected chi connectivity index (χ0v) is 72.0. The molecule has 0 saturated carbocycles. The number of hydrogen-bond donors (Lipinski definition) is 7. The maximum atomic E-state index is 15.2. The number of alkyl carbamates (subject to hydrolysis) is 1. The number of carbonyl (C=O) groups is 11. The highest BCUT2D eigenvalue weighted by atomic mass is 33.1. The lowest BCUT2D eigenvalue weighted by atomic mass is 9.86. The van der Waals surface area contributed by atoms with Crippen LogP contribution in [0.1, 0.15) is 193 Å². The van der Waals surface area contributed by atoms with Crippen LogP contribution < -0.4 is 36.1 Å². The van der Waals surface area contributed by atoms with Gasteiger partial charge in [-0.2, -0.15) is 11.8 Å². The number of aliphatic hydroxyl groups is 1. The Morgan fingerprint density at radius 3 is 1.51 bits per heavy atom. The van der Waals surface area contributed by atoms with Crippen LogP contribution in [0.5, 0.6) is 11.5 Å². The van der Waals surface area contributed by atoms with Gasteiger partial charge in [-0.3, -0.25) is 47.9 Å². The number of carboxylic acid groups (broad SMARTS) is 1. The first-order chi connectivity index (χ1) is 52.4. The molecule has 2 unspecified atom stereocenters. The van der Waals surface area contributed by atoms with Crippen molar-refractivity contribution >= 4 is 98.0 Å². The first-order valence-electron chi connectivity index (χ1n) is 38.9. The third-order valence-electron chi connectivity index (χ3n) is 17.5. The van der Waals surface area contributed by atoms with Gasteiger partial charge in [0.2, 0.25) is 23.6 Å². The lowest BCUT2D eigenvalue weighted by Gasteiger charge is -2.33. The van der Waals surface area contributed by atoms with Crippen molar-refractivity contribution in [1.82, 2.24) is 26.6 Å². The van der Waals surface area contributed by atoms with Crippen molar-refractivity contribution < 1.29 is 96.1 Å². The zero-order valence-electron chi connectivity index (χ0n) is 69.5. The molecule has 11 atom stereocenters. The summed E-state index contributed by atoms with van der Waals surface area (Å²) in [6.07, 6.45) is -1.23. The minimum Gasteiger partial charge on any atom is -0.488 e. The summed E-state index contributed by atoms with van der Waals surface area (Å²) in [6.45, 7) is 31.0. The number of rotatable bonds is 54. The average Bonchev–Trinajstić information content (AvgIpc) is 0.811. The summed E-state index contributed by atoms with van der Waals surface area (Å²) in [5.41, 5.74) is -0.938. The zero-order chi connectivity index (χ0) is 84.1. The molecule has 0 radical (unpaired) electrons. The highest BCUT2D eigenvalue weighted by Gasteiger charge is 2.40. The summed E-state index contributed by atoms with van der Waals surface area (Å²) in [5.74, 6) is -9.27. The summed E-state index contributed by atoms with van der Waals surface area (Å²) in [5, 5.41) is 35.2. The molecule has 0 aromatic heterocycles. The molecule has 3 rings (SSSR count). The Balaban J connectivity index is 2.01. The highest BCUT2D eigenvalue weighted by molar-refractivity contribution is 8.76. The van der Waals surface area contributed by atoms with Gasteiger partial charge >= 0.3 is 12.1 Å². The molecule has 0 heterocycles. The van der Waals surface area contributed by atoms with Gasteiger partial charge in [0.05, 0.1) is 85.7 Å². The topological polar surface area (TPSA) is 353 Å². The number of benzene rings is 3. The van der Waals surface area contributed by atoms with Crippen LogP contribution in [0, 0.1) is 29.6 Å². The van der Waals surface area contributed by atoms with Gasteiger partial charge in [-0.1, -0.05) is 103 Å². The molecule has 0 aliphatic carbocycles. The fraction of sp³-hybridized carbons (Fsp3) is 0.655. The number of carbonyl (C=O) groups excluding carboxylic acids is 10. The maximum Gasteiger partial charge on any atom is 0.407 e. The van der Waals surface area contributed by atoms with Crippen LogP contribution in [-0.2, 0) is 90.9 Å². The van der Waals surface area contributed by atoms with Crippen molar-refractivity contribution in [2.24, 2.45) is 29.6 Å². The summed E-state index contributed by atoms with van der Waals surface area (Å²) in [6, 6.07) is 16.8. The molecule has 0 spiro atoms. The van der Waals surface area contributed by atoms with Gasteiger partial charge in [0.25, 0.3) is 0 Å². The van der Waals surface area contributed by atoms with E-state index in [0.29, 0.717) is 52.5 Å². The van der Waals surface area contributed by atoms with E-state index in [1.54, 1.807) is 159 Å². The Morgan fingerprint density at radius 1 is 0.500 bits per heavy atom. The number of hydrogen-bond acceptors (Lipinski definition) is 22. The van der Waals surface area contributed by atoms with E-state index in [4.69, 9.17) is 33.2 Å². The van der Waals surface area contributed by atoms with Gasteiger partial charge in [-0.05, 0) is 195 Å². The molecule has 25 nitrogen and oxygen atoms in total. The number of carboxylic acids is 1. The first kappa shape index (κ1) is 99.3. The van der Waals surface area contributed by atoms with E-state index < -0.39 is 180 Å². The predicted octanol–water partition coefficient (Wildman–Crippen LogP) is 11.5. The maximum absolute atomic E-state index is 15.2. The van der Waals surface area contributed by atoms with Crippen molar-refractivity contribution in [1.29, 1.82) is 0 Å². The minimum absolute atomic E-state index is 0.0224. The second kappa shape index (κ2) is 49.8. The van der Waals surface area contributed by atoms with Crippen molar-refractivity contribution in [3.8, 4) is 11.5 Å². The predicted molar refractivity (Wildman–Crippen MR) is 440 cm³/mol. The molecule has 3 aromatic rings. The van der Waals surface area contributed by atoms with Gasteiger partial charge in [-0.15, -0.1) is 0 Å². The largest absolute Gasteiger partial charge is 0.488 e. The highest BCUT2D eigenvalue weighted by Crippen LogP contribution is 2.28. The Kier molecular flexibility index (Phi) is 44.1. The number of thioether (sulfide) groups is 1. The number of Topliss-reactive ketones (excluding diaryl/α,β-unsaturated/α-hetero) is 5. The smallest absolute Gasteiger partial charge is 0.407 e. The summed E-state index contributed by atoms with van der Waals surface area (Å²) >= 11 is 1.45. The molecule has 0 aliphatic rings. The third kappa shape index (κ3) is 40.9. The van der Waals surface area contributed by atoms with Crippen LogP contribution in [0.15, 0.2) is 78.9 Å². The Hall–Kier alpha value is -6.92. The lowest BCUT2D eigenvalue weighted by molar-refractivity contribution is -0.144. The summed E-state index contributed by atoms with van der Waals surface area (Å²) in [7, 11) is 3.05. The molecule has 0 bridgehead atoms. The molecule has 112 heavy (non-hydrogen) atoms. The molecule has 0 aliphatic heterocycles. The molecule has 0 saturated heterocycles. The number of nitrogens with one attached hydrogen (secondary N) is 5. The minimum atomic E-state index is -1.54. The molecule has 628 valence electrons. The molecular weight excluding hydrogens is 1500 g/mol. The summed E-state index contributed by atoms with van der Waals surface area (Å²) in [4.78, 5) is 156. The Labute approximate surface area is 676 Å². The van der Waals surface area contributed by atoms with Crippen LogP contribution in [0.4, 0.5) is 4.79 Å². The van der Waals surface area contributed by atoms with E-state index in [0.717, 1.165) is 5.75 Å². The number of aliphatic carboxylic acids is 1. The molecular formula is C84H129N5O20S3. The van der Waals surface area contributed by atoms with Crippen LogP contribution >= 0.6 is 33.3 Å². The summed E-state index contributed by atoms with van der Waals surface area (Å²) < 4.78 is 41.2. The van der Waals surface area contributed by atoms with Crippen LogP contribution in [0.2, 0.25) is 0 Å². The van der Waals surface area contributed by atoms with Gasteiger partial charge in [0, 0.05) is 56.1 Å². The molecule has 28 heteroatoms. The molecule has 7 N–H and O–H groups in total. The van der Waals surface area contributed by atoms with Crippen molar-refractivity contribution in [2.75, 3.05) is 63.2 Å². The SMILES string of the molecule is CCSSC[C@H](NC(=O)OC(C)C)C(=O)CCCOCCOCC(=O)N[C@@H](Cc1ccc(OC(C)(C)C)cc1)C(=O)C[C@@H](COC(C)(C)C)C(=O)N[C@H](C(=O)C[C@@H](CO)C(=O)N[C@@H](Cc1ccc(OC(C)(C)C)cc1)C(=O)C[C@@H](Cc1ccccc1)C(=O)N[C@H](C(=O)C[C@@H](CCSC)C(=O)O)C(C)CC)C(C)OC(C)(C)C. The number of aliphatic hydroxyl groups excluding tert-OH is 1. The molecule has 0 fully saturated rings. The van der Waals surface area contributed by atoms with E-state index >= 15 is 14.4 Å². The van der Waals surface area contributed by atoms with Gasteiger partial charge < -0.3 is 70.0 Å². The lowest BCUT2D eigenvalue weighted by Crippen LogP contribution is -2.54. The van der Waals surface area contributed by atoms with Gasteiger partial charge in [0.15, 0.2) is 28.9 Å². The van der Waals surface area contributed by atoms with Crippen LogP contribution in [-0.4, -0.2) is 203 Å². The van der Waals surface area contributed by atoms with E-state index in [1.807, 2.05) is 61.6 Å². The van der Waals surface area contributed by atoms with Crippen molar-refractivity contribution in [2.45, 2.75) is 260 Å². The Bertz CT molecular complexity index is 3430. The number of amides is 5. The fourth-order valence-electron chi connectivity index (χ4n) is 11.8. The third-order valence-corrected chi connectivity index (χ3v) is 20.6. The van der Waals surface area contributed by atoms with Gasteiger partial charge in [-0.25, -0.2) is 4.79 Å². The average molecular weight is 1630 g/mol. The van der Waals surface area contributed by atoms with Crippen LogP contribution in [0.25, 0.3) is 0 Å². The van der Waals surface area contributed by atoms with Crippen LogP contribution in [0.3, 0.4) is 0 Å². The standard InChI is InChI=1S/C84H129N5O20S3/c1-20-54(5)74(71(94)45-59(79(100)101)37-41-110-19)88-76(97)60(42-56-26-23-22-24-27-56)46-69(92)66(44-58-31-35-64(36-32-58)109-84(16,17)18)86-77(98)61(49-90)47-72(95)75(55(6)107-82(10,11)12)89-78(99)62(50-105-81(7,8)9)48-70(93)65(43-57-29-33-63(34-30-57)108-83(13,14)15)85-73(96)51-104-40-39-103-38-25-28-68(91)67(52-112-111-21-2)87-80(102)106-53(3)4/h22-24,26-27,29-36,53-55,59-62,65-67,74-75,90H,20-21,25,28,37-52H2,1-19H3,(H,85,96)(H,86,98)(H,87,102)(H,88,97)(H,89,99)(H,100,101)/t54?,55?,59-,60-,61+,62+,65+,66+,67+,74+,75+/m1/s1. The monoisotopic (exact) mass is 1620 g/mol. The Morgan fingerprint density at radius 2 is 1.00 bits per heavy atom. The van der Waals surface area contributed by atoms with Gasteiger partial charge in [0.1, 0.15) is 41.4 Å². The fourth-order valence-corrected chi connectivity index (χ4v) is 14.1. The quantitative estimate of drug-likeness (QED) is 0.0204. The van der Waals surface area contributed by atoms with E-state index in [1.165, 1.54) is 22.6 Å². The number of ether oxygens (including phenoxy) is 7. The molecule has 5 amide bonds. The molecule has 3 aromatic carbocycles. The second-order valence-electron chi connectivity index (χ2n) is 32.6. The normalized spacial score (nSPS) is 15.0. The van der Waals surface area contributed by atoms with E-state index in [-0.39, 0.29) is 76.8 Å². The first-order valence-corrected chi connectivity index (χ1v) is 42.8. The van der Waals surface area contributed by atoms with E-state index in [2.05, 4.69) is 26.6 Å².